The summed E-state index contributed by atoms with van der Waals surface area (Å²) in [4.78, 5) is 0. The van der Waals surface area contributed by atoms with Crippen LogP contribution in [0.25, 0.3) is 0 Å². The second-order valence-corrected chi connectivity index (χ2v) is 7.10. The van der Waals surface area contributed by atoms with Crippen LogP contribution in [-0.4, -0.2) is 16.3 Å². The van der Waals surface area contributed by atoms with Gasteiger partial charge in [-0.25, -0.2) is 0 Å². The minimum absolute atomic E-state index is 0.255. The maximum Gasteiger partial charge on any atom is 0.0762 e. The van der Waals surface area contributed by atoms with Crippen molar-refractivity contribution in [2.45, 2.75) is 82.1 Å². The molecule has 0 radical (unpaired) electrons. The third-order valence-electron chi connectivity index (χ3n) is 5.63. The summed E-state index contributed by atoms with van der Waals surface area (Å²) in [6.07, 6.45) is 16.4. The molecule has 20 heavy (non-hydrogen) atoms. The lowest BCUT2D eigenvalue weighted by molar-refractivity contribution is -0.0417. The Morgan fingerprint density at radius 3 is 2.80 bits per heavy atom. The zero-order chi connectivity index (χ0) is 13.6. The van der Waals surface area contributed by atoms with E-state index in [1.54, 1.807) is 0 Å². The zero-order valence-electron chi connectivity index (χ0n) is 12.3. The van der Waals surface area contributed by atoms with Crippen LogP contribution in [0.3, 0.4) is 0 Å². The Labute approximate surface area is 121 Å². The molecule has 2 fully saturated rings. The van der Waals surface area contributed by atoms with Crippen LogP contribution in [0.15, 0.2) is 12.4 Å². The standard InChI is InChI=1S/C17H26N2O/c18-16-5-3-4-13-10-19(12-15(13)16)11-14-6-9-17(20-14)7-1-2-8-17/h10,12,14,16H,1-9,11,18H2. The van der Waals surface area contributed by atoms with Crippen LogP contribution in [0.1, 0.15) is 68.5 Å². The molecular formula is C17H26N2O. The molecule has 1 spiro atoms. The fourth-order valence-corrected chi connectivity index (χ4v) is 4.54. The van der Waals surface area contributed by atoms with Crippen molar-refractivity contribution in [3.05, 3.63) is 23.5 Å². The van der Waals surface area contributed by atoms with E-state index in [-0.39, 0.29) is 11.6 Å². The Bertz CT molecular complexity index is 487. The second-order valence-electron chi connectivity index (χ2n) is 7.10. The number of rotatable bonds is 2. The Kier molecular flexibility index (Phi) is 3.15. The molecule has 110 valence electrons. The number of fused-ring (bicyclic) bond motifs is 1. The SMILES string of the molecule is NC1CCCc2cn(CC3CCC4(CCCC4)O3)cc21. The molecule has 3 heteroatoms. The molecule has 4 rings (SSSR count). The summed E-state index contributed by atoms with van der Waals surface area (Å²) >= 11 is 0. The average Bonchev–Trinajstić information content (AvgIpc) is 3.13. The van der Waals surface area contributed by atoms with E-state index in [0.717, 1.165) is 13.0 Å². The predicted octanol–water partition coefficient (Wildman–Crippen LogP) is 3.32. The molecule has 2 atom stereocenters. The number of nitrogens with two attached hydrogens (primary N) is 1. The summed E-state index contributed by atoms with van der Waals surface area (Å²) in [5.41, 5.74) is 9.32. The van der Waals surface area contributed by atoms with E-state index in [2.05, 4.69) is 17.0 Å². The smallest absolute Gasteiger partial charge is 0.0762 e. The Balaban J connectivity index is 1.45. The average molecular weight is 274 g/mol. The quantitative estimate of drug-likeness (QED) is 0.898. The van der Waals surface area contributed by atoms with E-state index >= 15 is 0 Å². The number of nitrogens with zero attached hydrogens (tertiary/aromatic N) is 1. The van der Waals surface area contributed by atoms with Crippen molar-refractivity contribution in [3.63, 3.8) is 0 Å². The highest BCUT2D eigenvalue weighted by Gasteiger charge is 2.42. The van der Waals surface area contributed by atoms with Crippen molar-refractivity contribution in [1.29, 1.82) is 0 Å². The Morgan fingerprint density at radius 2 is 2.00 bits per heavy atom. The molecule has 0 aromatic carbocycles. The van der Waals surface area contributed by atoms with Crippen LogP contribution in [0.2, 0.25) is 0 Å². The predicted molar refractivity (Wildman–Crippen MR) is 79.6 cm³/mol. The highest BCUT2D eigenvalue weighted by molar-refractivity contribution is 5.30. The summed E-state index contributed by atoms with van der Waals surface area (Å²) in [5, 5.41) is 0. The monoisotopic (exact) mass is 274 g/mol. The first-order valence-electron chi connectivity index (χ1n) is 8.36. The van der Waals surface area contributed by atoms with E-state index in [4.69, 9.17) is 10.5 Å². The molecule has 0 amide bonds. The zero-order valence-corrected chi connectivity index (χ0v) is 12.3. The minimum atomic E-state index is 0.255. The molecule has 2 aliphatic carbocycles. The molecule has 2 unspecified atom stereocenters. The summed E-state index contributed by atoms with van der Waals surface area (Å²) < 4.78 is 8.76. The van der Waals surface area contributed by atoms with Gasteiger partial charge in [-0.1, -0.05) is 12.8 Å². The van der Waals surface area contributed by atoms with Crippen LogP contribution in [-0.2, 0) is 17.7 Å². The Morgan fingerprint density at radius 1 is 1.15 bits per heavy atom. The highest BCUT2D eigenvalue weighted by atomic mass is 16.5. The van der Waals surface area contributed by atoms with E-state index in [9.17, 15) is 0 Å². The van der Waals surface area contributed by atoms with E-state index in [1.165, 1.54) is 62.5 Å². The first-order valence-corrected chi connectivity index (χ1v) is 8.36. The first kappa shape index (κ1) is 12.9. The van der Waals surface area contributed by atoms with Crippen molar-refractivity contribution in [1.82, 2.24) is 4.57 Å². The van der Waals surface area contributed by atoms with Gasteiger partial charge in [-0.05, 0) is 56.1 Å². The second kappa shape index (κ2) is 4.88. The highest BCUT2D eigenvalue weighted by Crippen LogP contribution is 2.43. The normalized spacial score (nSPS) is 31.9. The van der Waals surface area contributed by atoms with E-state index < -0.39 is 0 Å². The van der Waals surface area contributed by atoms with Gasteiger partial charge >= 0.3 is 0 Å². The number of hydrogen-bond acceptors (Lipinski definition) is 2. The largest absolute Gasteiger partial charge is 0.370 e. The molecule has 3 nitrogen and oxygen atoms in total. The first-order chi connectivity index (χ1) is 9.74. The maximum absolute atomic E-state index is 6.42. The molecule has 1 saturated heterocycles. The van der Waals surface area contributed by atoms with Crippen LogP contribution >= 0.6 is 0 Å². The lowest BCUT2D eigenvalue weighted by atomic mass is 9.92. The topological polar surface area (TPSA) is 40.2 Å². The molecule has 2 N–H and O–H groups in total. The molecule has 1 aromatic rings. The lowest BCUT2D eigenvalue weighted by Crippen LogP contribution is -2.26. The molecule has 1 aliphatic heterocycles. The minimum Gasteiger partial charge on any atom is -0.370 e. The van der Waals surface area contributed by atoms with Gasteiger partial charge in [-0.3, -0.25) is 0 Å². The summed E-state index contributed by atoms with van der Waals surface area (Å²) in [7, 11) is 0. The molecule has 1 saturated carbocycles. The third kappa shape index (κ3) is 2.21. The number of ether oxygens (including phenoxy) is 1. The fraction of sp³-hybridized carbons (Fsp3) is 0.765. The van der Waals surface area contributed by atoms with Crippen LogP contribution in [0.4, 0.5) is 0 Å². The van der Waals surface area contributed by atoms with Crippen molar-refractivity contribution in [2.75, 3.05) is 0 Å². The summed E-state index contributed by atoms with van der Waals surface area (Å²) in [6.45, 7) is 1.02. The van der Waals surface area contributed by atoms with Gasteiger partial charge in [-0.15, -0.1) is 0 Å². The summed E-state index contributed by atoms with van der Waals surface area (Å²) in [5.74, 6) is 0. The number of hydrogen-bond donors (Lipinski definition) is 1. The van der Waals surface area contributed by atoms with Crippen molar-refractivity contribution < 1.29 is 4.74 Å². The molecule has 3 aliphatic rings. The van der Waals surface area contributed by atoms with Gasteiger partial charge in [0.05, 0.1) is 11.7 Å². The van der Waals surface area contributed by atoms with E-state index in [1.807, 2.05) is 0 Å². The third-order valence-corrected chi connectivity index (χ3v) is 5.63. The van der Waals surface area contributed by atoms with Gasteiger partial charge in [0.25, 0.3) is 0 Å². The molecular weight excluding hydrogens is 248 g/mol. The van der Waals surface area contributed by atoms with Crippen molar-refractivity contribution in [2.24, 2.45) is 5.73 Å². The van der Waals surface area contributed by atoms with Crippen LogP contribution < -0.4 is 5.73 Å². The number of aromatic nitrogens is 1. The van der Waals surface area contributed by atoms with Gasteiger partial charge in [0.1, 0.15) is 0 Å². The Hall–Kier alpha value is -0.800. The summed E-state index contributed by atoms with van der Waals surface area (Å²) in [6, 6.07) is 0.255. The van der Waals surface area contributed by atoms with Crippen LogP contribution in [0.5, 0.6) is 0 Å². The molecule has 2 heterocycles. The lowest BCUT2D eigenvalue weighted by Gasteiger charge is -2.24. The van der Waals surface area contributed by atoms with Gasteiger partial charge in [0.2, 0.25) is 0 Å². The fourth-order valence-electron chi connectivity index (χ4n) is 4.54. The molecule has 1 aromatic heterocycles. The van der Waals surface area contributed by atoms with Gasteiger partial charge in [0, 0.05) is 25.0 Å². The van der Waals surface area contributed by atoms with E-state index in [0.29, 0.717) is 6.10 Å². The van der Waals surface area contributed by atoms with Crippen molar-refractivity contribution in [3.8, 4) is 0 Å². The van der Waals surface area contributed by atoms with Gasteiger partial charge in [-0.2, -0.15) is 0 Å². The number of aryl methyl sites for hydroxylation is 1. The van der Waals surface area contributed by atoms with Gasteiger partial charge < -0.3 is 15.0 Å². The maximum atomic E-state index is 6.42. The van der Waals surface area contributed by atoms with Crippen molar-refractivity contribution >= 4 is 0 Å². The molecule has 0 bridgehead atoms. The van der Waals surface area contributed by atoms with Crippen LogP contribution in [0, 0.1) is 0 Å². The van der Waals surface area contributed by atoms with Gasteiger partial charge in [0.15, 0.2) is 0 Å².